The molecule has 0 atom stereocenters. The minimum Gasteiger partial charge on any atom is -0.489 e. The second-order valence-electron chi connectivity index (χ2n) is 6.95. The Kier molecular flexibility index (Phi) is 12.3. The number of ether oxygens (including phenoxy) is 1. The van der Waals surface area contributed by atoms with Crippen LogP contribution in [0.2, 0.25) is 0 Å². The van der Waals surface area contributed by atoms with E-state index in [2.05, 4.69) is 9.80 Å². The fourth-order valence-corrected chi connectivity index (χ4v) is 3.19. The summed E-state index contributed by atoms with van der Waals surface area (Å²) in [6.45, 7) is 8.05. The van der Waals surface area contributed by atoms with Crippen LogP contribution < -0.4 is 9.64 Å². The van der Waals surface area contributed by atoms with Crippen LogP contribution >= 0.6 is 0 Å². The van der Waals surface area contributed by atoms with Gasteiger partial charge in [0.15, 0.2) is 0 Å². The van der Waals surface area contributed by atoms with E-state index >= 15 is 0 Å². The first-order valence-corrected chi connectivity index (χ1v) is 10.8. The summed E-state index contributed by atoms with van der Waals surface area (Å²) >= 11 is 0. The number of alkyl halides is 3. The zero-order valence-electron chi connectivity index (χ0n) is 19.3. The molecule has 0 aliphatic carbocycles. The number of rotatable bonds is 7. The smallest absolute Gasteiger partial charge is 0.416 e. The van der Waals surface area contributed by atoms with E-state index < -0.39 is 17.7 Å². The Hall–Kier alpha value is -2.78. The summed E-state index contributed by atoms with van der Waals surface area (Å²) < 4.78 is 43.4. The van der Waals surface area contributed by atoms with E-state index in [-0.39, 0.29) is 13.0 Å². The SMILES string of the molecule is CC.CO.O=C(O)CCN1CCN(c2ccc(OCc3ccc(C(F)(F)F)cc3)cc2)CC1. The van der Waals surface area contributed by atoms with Gasteiger partial charge in [0.05, 0.1) is 12.0 Å². The van der Waals surface area contributed by atoms with Gasteiger partial charge in [-0.15, -0.1) is 0 Å². The number of piperazine rings is 1. The molecule has 2 aromatic carbocycles. The van der Waals surface area contributed by atoms with Crippen molar-refractivity contribution in [2.75, 3.05) is 44.7 Å². The molecule has 0 spiro atoms. The fourth-order valence-electron chi connectivity index (χ4n) is 3.19. The van der Waals surface area contributed by atoms with Crippen molar-refractivity contribution < 1.29 is 32.9 Å². The molecule has 2 N–H and O–H groups in total. The number of hydrogen-bond acceptors (Lipinski definition) is 5. The van der Waals surface area contributed by atoms with Crippen molar-refractivity contribution in [3.8, 4) is 5.75 Å². The summed E-state index contributed by atoms with van der Waals surface area (Å²) in [6, 6.07) is 12.5. The molecule has 0 bridgehead atoms. The molecule has 3 rings (SSSR count). The molecule has 1 aliphatic rings. The molecule has 2 aromatic rings. The predicted octanol–water partition coefficient (Wildman–Crippen LogP) is 4.52. The van der Waals surface area contributed by atoms with Gasteiger partial charge in [-0.1, -0.05) is 26.0 Å². The molecule has 1 aliphatic heterocycles. The third-order valence-electron chi connectivity index (χ3n) is 4.90. The van der Waals surface area contributed by atoms with Crippen LogP contribution in [0, 0.1) is 0 Å². The standard InChI is InChI=1S/C21H23F3N2O3.C2H6.CH4O/c22-21(23,24)17-3-1-16(2-4-17)15-29-19-7-5-18(6-8-19)26-13-11-25(12-14-26)10-9-20(27)28;2*1-2/h1-8H,9-15H2,(H,27,28);1-2H3;2H,1H3. The predicted molar refractivity (Wildman–Crippen MR) is 123 cm³/mol. The molecule has 0 saturated carbocycles. The second-order valence-corrected chi connectivity index (χ2v) is 6.95. The van der Waals surface area contributed by atoms with Crippen LogP contribution in [0.5, 0.6) is 5.75 Å². The Morgan fingerprint density at radius 2 is 1.48 bits per heavy atom. The molecular weight excluding hydrogens is 437 g/mol. The quantitative estimate of drug-likeness (QED) is 0.620. The number of aliphatic hydroxyl groups excluding tert-OH is 1. The highest BCUT2D eigenvalue weighted by atomic mass is 19.4. The topological polar surface area (TPSA) is 73.2 Å². The lowest BCUT2D eigenvalue weighted by atomic mass is 10.1. The van der Waals surface area contributed by atoms with Gasteiger partial charge in [0.25, 0.3) is 0 Å². The molecule has 33 heavy (non-hydrogen) atoms. The molecular formula is C24H33F3N2O4. The van der Waals surface area contributed by atoms with Crippen LogP contribution in [-0.2, 0) is 17.6 Å². The molecule has 6 nitrogen and oxygen atoms in total. The minimum atomic E-state index is -4.34. The normalized spacial score (nSPS) is 13.8. The van der Waals surface area contributed by atoms with Gasteiger partial charge in [0, 0.05) is 45.5 Å². The molecule has 1 heterocycles. The van der Waals surface area contributed by atoms with Crippen molar-refractivity contribution in [2.24, 2.45) is 0 Å². The Bertz CT molecular complexity index is 804. The van der Waals surface area contributed by atoms with Crippen molar-refractivity contribution >= 4 is 11.7 Å². The monoisotopic (exact) mass is 470 g/mol. The molecule has 9 heteroatoms. The van der Waals surface area contributed by atoms with E-state index in [0.717, 1.165) is 51.1 Å². The van der Waals surface area contributed by atoms with E-state index in [0.29, 0.717) is 17.9 Å². The third-order valence-corrected chi connectivity index (χ3v) is 4.90. The number of aliphatic hydroxyl groups is 1. The lowest BCUT2D eigenvalue weighted by molar-refractivity contribution is -0.138. The number of carbonyl (C=O) groups is 1. The van der Waals surface area contributed by atoms with Crippen LogP contribution in [0.3, 0.4) is 0 Å². The summed E-state index contributed by atoms with van der Waals surface area (Å²) in [6.07, 6.45) is -4.18. The maximum atomic E-state index is 12.6. The second kappa shape index (κ2) is 14.4. The molecule has 1 saturated heterocycles. The number of halogens is 3. The number of carboxylic acid groups (broad SMARTS) is 1. The zero-order valence-corrected chi connectivity index (χ0v) is 19.3. The molecule has 184 valence electrons. The van der Waals surface area contributed by atoms with Crippen molar-refractivity contribution in [3.05, 3.63) is 59.7 Å². The van der Waals surface area contributed by atoms with Crippen molar-refractivity contribution in [1.82, 2.24) is 4.90 Å². The van der Waals surface area contributed by atoms with Crippen LogP contribution in [-0.4, -0.2) is 60.9 Å². The van der Waals surface area contributed by atoms with Crippen molar-refractivity contribution in [2.45, 2.75) is 33.1 Å². The number of anilines is 1. The van der Waals surface area contributed by atoms with Gasteiger partial charge in [-0.3, -0.25) is 9.69 Å². The molecule has 0 unspecified atom stereocenters. The van der Waals surface area contributed by atoms with Crippen LogP contribution in [0.15, 0.2) is 48.5 Å². The summed E-state index contributed by atoms with van der Waals surface area (Å²) in [5.41, 5.74) is 1.05. The Morgan fingerprint density at radius 1 is 0.939 bits per heavy atom. The maximum Gasteiger partial charge on any atom is 0.416 e. The summed E-state index contributed by atoms with van der Waals surface area (Å²) in [7, 11) is 1.00. The van der Waals surface area contributed by atoms with Crippen molar-refractivity contribution in [1.29, 1.82) is 0 Å². The van der Waals surface area contributed by atoms with Gasteiger partial charge in [-0.05, 0) is 42.0 Å². The third kappa shape index (κ3) is 9.71. The molecule has 1 fully saturated rings. The van der Waals surface area contributed by atoms with Crippen LogP contribution in [0.4, 0.5) is 18.9 Å². The largest absolute Gasteiger partial charge is 0.489 e. The van der Waals surface area contributed by atoms with E-state index in [9.17, 15) is 18.0 Å². The summed E-state index contributed by atoms with van der Waals surface area (Å²) in [5.74, 6) is -0.131. The lowest BCUT2D eigenvalue weighted by Crippen LogP contribution is -2.46. The number of hydrogen-bond donors (Lipinski definition) is 2. The number of carboxylic acids is 1. The van der Waals surface area contributed by atoms with E-state index in [1.165, 1.54) is 12.1 Å². The van der Waals surface area contributed by atoms with Gasteiger partial charge in [-0.25, -0.2) is 0 Å². The van der Waals surface area contributed by atoms with Gasteiger partial charge in [-0.2, -0.15) is 13.2 Å². The Balaban J connectivity index is 0.00000129. The lowest BCUT2D eigenvalue weighted by Gasteiger charge is -2.35. The fraction of sp³-hybridized carbons (Fsp3) is 0.458. The van der Waals surface area contributed by atoms with Gasteiger partial charge in [0.2, 0.25) is 0 Å². The Labute approximate surface area is 193 Å². The molecule has 0 amide bonds. The molecule has 0 radical (unpaired) electrons. The highest BCUT2D eigenvalue weighted by Gasteiger charge is 2.29. The molecule has 0 aromatic heterocycles. The van der Waals surface area contributed by atoms with E-state index in [1.807, 2.05) is 38.1 Å². The van der Waals surface area contributed by atoms with Gasteiger partial charge in [0.1, 0.15) is 12.4 Å². The van der Waals surface area contributed by atoms with Gasteiger partial charge >= 0.3 is 12.1 Å². The first kappa shape index (κ1) is 28.3. The zero-order chi connectivity index (χ0) is 24.9. The van der Waals surface area contributed by atoms with E-state index in [4.69, 9.17) is 14.9 Å². The first-order chi connectivity index (χ1) is 15.8. The average molecular weight is 471 g/mol. The number of nitrogens with zero attached hydrogens (tertiary/aromatic N) is 2. The summed E-state index contributed by atoms with van der Waals surface area (Å²) in [5, 5.41) is 15.8. The number of aliphatic carboxylic acids is 1. The first-order valence-electron chi connectivity index (χ1n) is 10.8. The van der Waals surface area contributed by atoms with Crippen molar-refractivity contribution in [3.63, 3.8) is 0 Å². The van der Waals surface area contributed by atoms with Gasteiger partial charge < -0.3 is 19.8 Å². The van der Waals surface area contributed by atoms with E-state index in [1.54, 1.807) is 0 Å². The highest BCUT2D eigenvalue weighted by molar-refractivity contribution is 5.66. The van der Waals surface area contributed by atoms with Crippen LogP contribution in [0.1, 0.15) is 31.4 Å². The summed E-state index contributed by atoms with van der Waals surface area (Å²) in [4.78, 5) is 15.0. The average Bonchev–Trinajstić information content (AvgIpc) is 2.84. The van der Waals surface area contributed by atoms with Crippen LogP contribution in [0.25, 0.3) is 0 Å². The number of benzene rings is 2. The maximum absolute atomic E-state index is 12.6. The Morgan fingerprint density at radius 3 is 1.97 bits per heavy atom. The highest BCUT2D eigenvalue weighted by Crippen LogP contribution is 2.29. The minimum absolute atomic E-state index is 0.158.